The molecule has 1 radical (unpaired) electrons. The second kappa shape index (κ2) is 3.01. The molecule has 75 valence electrons. The van der Waals surface area contributed by atoms with Gasteiger partial charge in [0.05, 0.1) is 0 Å². The Balaban J connectivity index is 2.54. The molecule has 0 N–H and O–H groups in total. The number of nitrogens with zero attached hydrogens (tertiary/aromatic N) is 1. The van der Waals surface area contributed by atoms with E-state index in [4.69, 9.17) is 0 Å². The number of likely N-dealkylation sites (N-methyl/N-ethyl adjacent to an activating group) is 1. The summed E-state index contributed by atoms with van der Waals surface area (Å²) >= 11 is 0. The minimum absolute atomic E-state index is 0.277. The first-order valence-electron chi connectivity index (χ1n) is 5.26. The van der Waals surface area contributed by atoms with Crippen LogP contribution in [0, 0.1) is 6.92 Å². The van der Waals surface area contributed by atoms with Gasteiger partial charge in [-0.05, 0) is 31.0 Å². The van der Waals surface area contributed by atoms with E-state index in [0.717, 1.165) is 18.7 Å². The van der Waals surface area contributed by atoms with Crippen molar-refractivity contribution in [1.29, 1.82) is 0 Å². The van der Waals surface area contributed by atoms with Crippen LogP contribution in [-0.4, -0.2) is 13.1 Å². The Hall–Kier alpha value is -0.980. The van der Waals surface area contributed by atoms with Gasteiger partial charge >= 0.3 is 0 Å². The first kappa shape index (κ1) is 9.57. The van der Waals surface area contributed by atoms with Gasteiger partial charge in [-0.15, -0.1) is 0 Å². The summed E-state index contributed by atoms with van der Waals surface area (Å²) in [5.74, 6) is 0. The minimum Gasteiger partial charge on any atom is -0.371 e. The van der Waals surface area contributed by atoms with Gasteiger partial charge in [0, 0.05) is 24.2 Å². The molecule has 2 rings (SSSR count). The van der Waals surface area contributed by atoms with Gasteiger partial charge < -0.3 is 4.90 Å². The van der Waals surface area contributed by atoms with E-state index in [1.165, 1.54) is 11.3 Å². The summed E-state index contributed by atoms with van der Waals surface area (Å²) in [4.78, 5) is 2.44. The molecule has 1 aliphatic heterocycles. The summed E-state index contributed by atoms with van der Waals surface area (Å²) in [7, 11) is 0. The molecule has 0 amide bonds. The van der Waals surface area contributed by atoms with Gasteiger partial charge in [0.15, 0.2) is 0 Å². The van der Waals surface area contributed by atoms with Gasteiger partial charge in [-0.1, -0.05) is 26.0 Å². The van der Waals surface area contributed by atoms with Crippen molar-refractivity contribution in [3.63, 3.8) is 0 Å². The number of anilines is 1. The Morgan fingerprint density at radius 2 is 2.14 bits per heavy atom. The Bertz CT molecular complexity index is 352. The number of hydrogen-bond donors (Lipinski definition) is 0. The summed E-state index contributed by atoms with van der Waals surface area (Å²) < 4.78 is 0. The molecule has 1 aromatic carbocycles. The van der Waals surface area contributed by atoms with E-state index in [-0.39, 0.29) is 5.41 Å². The monoisotopic (exact) mass is 188 g/mol. The predicted molar refractivity (Wildman–Crippen MR) is 61.8 cm³/mol. The third-order valence-corrected chi connectivity index (χ3v) is 3.10. The van der Waals surface area contributed by atoms with Crippen molar-refractivity contribution in [2.45, 2.75) is 26.2 Å². The van der Waals surface area contributed by atoms with Crippen LogP contribution in [0.5, 0.6) is 0 Å². The first-order valence-corrected chi connectivity index (χ1v) is 5.26. The largest absolute Gasteiger partial charge is 0.371 e. The normalized spacial score (nSPS) is 18.4. The van der Waals surface area contributed by atoms with E-state index >= 15 is 0 Å². The molecular formula is C13H18N. The number of hydrogen-bond acceptors (Lipinski definition) is 1. The van der Waals surface area contributed by atoms with Crippen LogP contribution >= 0.6 is 0 Å². The summed E-state index contributed by atoms with van der Waals surface area (Å²) in [5, 5.41) is 0. The molecule has 0 saturated carbocycles. The van der Waals surface area contributed by atoms with Crippen LogP contribution in [0.4, 0.5) is 5.69 Å². The molecular weight excluding hydrogens is 170 g/mol. The van der Waals surface area contributed by atoms with Gasteiger partial charge in [0.1, 0.15) is 0 Å². The average Bonchev–Trinajstić information content (AvgIpc) is 2.38. The van der Waals surface area contributed by atoms with Crippen molar-refractivity contribution in [3.05, 3.63) is 36.2 Å². The van der Waals surface area contributed by atoms with E-state index in [1.807, 2.05) is 0 Å². The van der Waals surface area contributed by atoms with E-state index < -0.39 is 0 Å². The third-order valence-electron chi connectivity index (χ3n) is 3.10. The van der Waals surface area contributed by atoms with E-state index in [2.05, 4.69) is 50.8 Å². The van der Waals surface area contributed by atoms with Gasteiger partial charge in [-0.25, -0.2) is 0 Å². The summed E-state index contributed by atoms with van der Waals surface area (Å²) in [5.41, 5.74) is 4.24. The van der Waals surface area contributed by atoms with Crippen LogP contribution in [0.15, 0.2) is 18.2 Å². The van der Waals surface area contributed by atoms with Crippen LogP contribution in [0.1, 0.15) is 31.9 Å². The van der Waals surface area contributed by atoms with E-state index in [1.54, 1.807) is 0 Å². The van der Waals surface area contributed by atoms with Crippen LogP contribution in [0.2, 0.25) is 0 Å². The molecule has 0 spiro atoms. The van der Waals surface area contributed by atoms with Gasteiger partial charge in [-0.2, -0.15) is 0 Å². The highest BCUT2D eigenvalue weighted by Crippen LogP contribution is 2.40. The lowest BCUT2D eigenvalue weighted by atomic mass is 9.86. The van der Waals surface area contributed by atoms with E-state index in [0.29, 0.717) is 0 Å². The van der Waals surface area contributed by atoms with Crippen LogP contribution in [0.25, 0.3) is 0 Å². The van der Waals surface area contributed by atoms with E-state index in [9.17, 15) is 0 Å². The summed E-state index contributed by atoms with van der Waals surface area (Å²) in [6, 6.07) is 6.53. The molecule has 0 aliphatic carbocycles. The molecule has 0 atom stereocenters. The SMILES string of the molecule is [CH2]c1ccc2c(c1)C(C)(C)CN2CC. The van der Waals surface area contributed by atoms with Gasteiger partial charge in [0.2, 0.25) is 0 Å². The zero-order chi connectivity index (χ0) is 10.3. The minimum atomic E-state index is 0.277. The summed E-state index contributed by atoms with van der Waals surface area (Å²) in [6.07, 6.45) is 0. The molecule has 0 aromatic heterocycles. The second-order valence-electron chi connectivity index (χ2n) is 4.75. The fraction of sp³-hybridized carbons (Fsp3) is 0.462. The molecule has 1 aromatic rings. The predicted octanol–water partition coefficient (Wildman–Crippen LogP) is 2.99. The Morgan fingerprint density at radius 1 is 1.43 bits per heavy atom. The molecule has 14 heavy (non-hydrogen) atoms. The smallest absolute Gasteiger partial charge is 0.0405 e. The molecule has 1 nitrogen and oxygen atoms in total. The molecule has 1 heterocycles. The molecule has 0 saturated heterocycles. The Kier molecular flexibility index (Phi) is 2.06. The molecule has 0 fully saturated rings. The summed E-state index contributed by atoms with van der Waals surface area (Å²) in [6.45, 7) is 13.0. The van der Waals surface area contributed by atoms with Crippen molar-refractivity contribution in [2.24, 2.45) is 0 Å². The van der Waals surface area contributed by atoms with Gasteiger partial charge in [-0.3, -0.25) is 0 Å². The number of rotatable bonds is 1. The highest BCUT2D eigenvalue weighted by Gasteiger charge is 2.33. The van der Waals surface area contributed by atoms with Gasteiger partial charge in [0.25, 0.3) is 0 Å². The fourth-order valence-corrected chi connectivity index (χ4v) is 2.33. The zero-order valence-corrected chi connectivity index (χ0v) is 9.30. The first-order chi connectivity index (χ1) is 6.54. The van der Waals surface area contributed by atoms with Crippen molar-refractivity contribution < 1.29 is 0 Å². The maximum Gasteiger partial charge on any atom is 0.0405 e. The lowest BCUT2D eigenvalue weighted by molar-refractivity contribution is 0.554. The lowest BCUT2D eigenvalue weighted by Crippen LogP contribution is -2.28. The third kappa shape index (κ3) is 1.31. The Morgan fingerprint density at radius 3 is 2.79 bits per heavy atom. The maximum absolute atomic E-state index is 4.00. The fourth-order valence-electron chi connectivity index (χ4n) is 2.33. The molecule has 1 aliphatic rings. The molecule has 0 unspecified atom stereocenters. The molecule has 1 heteroatoms. The lowest BCUT2D eigenvalue weighted by Gasteiger charge is -2.20. The number of fused-ring (bicyclic) bond motifs is 1. The Labute approximate surface area is 86.7 Å². The van der Waals surface area contributed by atoms with Crippen LogP contribution in [-0.2, 0) is 5.41 Å². The quantitative estimate of drug-likeness (QED) is 0.655. The van der Waals surface area contributed by atoms with Crippen LogP contribution in [0.3, 0.4) is 0 Å². The standard InChI is InChI=1S/C13H18N/c1-5-14-9-13(3,4)11-8-10(2)6-7-12(11)14/h6-8H,2,5,9H2,1,3-4H3. The zero-order valence-electron chi connectivity index (χ0n) is 9.30. The van der Waals surface area contributed by atoms with Crippen molar-refractivity contribution >= 4 is 5.69 Å². The number of benzene rings is 1. The highest BCUT2D eigenvalue weighted by molar-refractivity contribution is 5.63. The molecule has 0 bridgehead atoms. The average molecular weight is 188 g/mol. The van der Waals surface area contributed by atoms with Crippen molar-refractivity contribution in [3.8, 4) is 0 Å². The van der Waals surface area contributed by atoms with Crippen molar-refractivity contribution in [2.75, 3.05) is 18.0 Å². The second-order valence-corrected chi connectivity index (χ2v) is 4.75. The highest BCUT2D eigenvalue weighted by atomic mass is 15.2. The maximum atomic E-state index is 4.00. The topological polar surface area (TPSA) is 3.24 Å². The van der Waals surface area contributed by atoms with Crippen LogP contribution < -0.4 is 4.90 Å². The van der Waals surface area contributed by atoms with Crippen molar-refractivity contribution in [1.82, 2.24) is 0 Å².